The Morgan fingerprint density at radius 3 is 2.43 bits per heavy atom. The molecule has 4 heteroatoms. The first kappa shape index (κ1) is 6.56. The van der Waals surface area contributed by atoms with Crippen LogP contribution in [0, 0.1) is 0 Å². The number of ether oxygens (including phenoxy) is 1. The van der Waals surface area contributed by atoms with Gasteiger partial charge in [-0.3, -0.25) is 0 Å². The summed E-state index contributed by atoms with van der Waals surface area (Å²) in [5, 5.41) is 9.39. The zero-order valence-corrected chi connectivity index (χ0v) is 4.44. The Morgan fingerprint density at radius 1 is 2.00 bits per heavy atom. The summed E-state index contributed by atoms with van der Waals surface area (Å²) < 4.78 is 3.82. The minimum Gasteiger partial charge on any atom is -0.531 e. The van der Waals surface area contributed by atoms with Crippen LogP contribution in [0.4, 0.5) is 4.79 Å². The lowest BCUT2D eigenvalue weighted by molar-refractivity contribution is -0.283. The molecule has 0 amide bonds. The third kappa shape index (κ3) is 5.56. The molecule has 0 saturated carbocycles. The second-order valence-corrected chi connectivity index (χ2v) is 1.53. The smallest absolute Gasteiger partial charge is 0.253 e. The fourth-order valence-corrected chi connectivity index (χ4v) is 0.205. The molecular formula is C3H4ClO3-. The summed E-state index contributed by atoms with van der Waals surface area (Å²) >= 11 is 5.03. The number of carbonyl (C=O) groups excluding carboxylic acids is 1. The number of halogens is 1. The molecule has 0 fully saturated rings. The molecular weight excluding hydrogens is 119 g/mol. The molecule has 7 heavy (non-hydrogen) atoms. The molecule has 1 atom stereocenters. The highest BCUT2D eigenvalue weighted by Gasteiger charge is 1.88. The number of carbonyl (C=O) groups is 1. The fraction of sp³-hybridized carbons (Fsp3) is 0.667. The van der Waals surface area contributed by atoms with Crippen LogP contribution in [0.1, 0.15) is 6.92 Å². The van der Waals surface area contributed by atoms with Crippen LogP contribution in [0.25, 0.3) is 0 Å². The molecule has 0 aliphatic heterocycles. The molecule has 0 aliphatic rings. The van der Waals surface area contributed by atoms with Crippen LogP contribution >= 0.6 is 11.6 Å². The first-order valence-corrected chi connectivity index (χ1v) is 2.08. The van der Waals surface area contributed by atoms with Crippen molar-refractivity contribution in [2.24, 2.45) is 0 Å². The van der Waals surface area contributed by atoms with Gasteiger partial charge >= 0.3 is 0 Å². The van der Waals surface area contributed by atoms with E-state index in [-0.39, 0.29) is 0 Å². The first-order valence-electron chi connectivity index (χ1n) is 1.64. The summed E-state index contributed by atoms with van der Waals surface area (Å²) in [4.78, 5) is 9.39. The van der Waals surface area contributed by atoms with E-state index < -0.39 is 11.7 Å². The van der Waals surface area contributed by atoms with Gasteiger partial charge in [0.1, 0.15) is 5.56 Å². The highest BCUT2D eigenvalue weighted by Crippen LogP contribution is 1.92. The van der Waals surface area contributed by atoms with Crippen LogP contribution in [0.3, 0.4) is 0 Å². The van der Waals surface area contributed by atoms with Crippen molar-refractivity contribution in [3.05, 3.63) is 0 Å². The van der Waals surface area contributed by atoms with Crippen LogP contribution < -0.4 is 5.11 Å². The minimum atomic E-state index is -1.59. The predicted octanol–water partition coefficient (Wildman–Crippen LogP) is -0.0689. The number of hydrogen-bond donors (Lipinski definition) is 0. The monoisotopic (exact) mass is 123 g/mol. The molecule has 0 heterocycles. The molecule has 0 aromatic rings. The van der Waals surface area contributed by atoms with Crippen molar-refractivity contribution >= 4 is 17.8 Å². The maximum atomic E-state index is 9.39. The van der Waals surface area contributed by atoms with Gasteiger partial charge in [-0.2, -0.15) is 0 Å². The topological polar surface area (TPSA) is 49.4 Å². The Kier molecular flexibility index (Phi) is 2.52. The van der Waals surface area contributed by atoms with E-state index in [4.69, 9.17) is 11.6 Å². The number of rotatable bonds is 1. The van der Waals surface area contributed by atoms with Gasteiger partial charge < -0.3 is 14.6 Å². The lowest BCUT2D eigenvalue weighted by atomic mass is 10.9. The highest BCUT2D eigenvalue weighted by molar-refractivity contribution is 6.19. The van der Waals surface area contributed by atoms with Crippen LogP contribution in [0.5, 0.6) is 0 Å². The third-order valence-electron chi connectivity index (χ3n) is 0.259. The van der Waals surface area contributed by atoms with E-state index in [1.54, 1.807) is 0 Å². The molecule has 0 N–H and O–H groups in total. The molecule has 0 bridgehead atoms. The Hall–Kier alpha value is -0.440. The van der Waals surface area contributed by atoms with E-state index in [2.05, 4.69) is 4.74 Å². The zero-order valence-electron chi connectivity index (χ0n) is 3.68. The van der Waals surface area contributed by atoms with Gasteiger partial charge in [0, 0.05) is 0 Å². The van der Waals surface area contributed by atoms with E-state index in [0.717, 1.165) is 0 Å². The maximum Gasteiger partial charge on any atom is 0.253 e. The van der Waals surface area contributed by atoms with Gasteiger partial charge in [-0.05, 0) is 6.92 Å². The average Bonchev–Trinajstić information content (AvgIpc) is 1.27. The lowest BCUT2D eigenvalue weighted by Crippen LogP contribution is -2.25. The van der Waals surface area contributed by atoms with Crippen molar-refractivity contribution in [2.45, 2.75) is 12.5 Å². The van der Waals surface area contributed by atoms with Crippen molar-refractivity contribution in [1.29, 1.82) is 0 Å². The van der Waals surface area contributed by atoms with Gasteiger partial charge in [0.2, 0.25) is 0 Å². The maximum absolute atomic E-state index is 9.39. The van der Waals surface area contributed by atoms with Crippen LogP contribution in [0.15, 0.2) is 0 Å². The minimum absolute atomic E-state index is 0.815. The largest absolute Gasteiger partial charge is 0.531 e. The van der Waals surface area contributed by atoms with Gasteiger partial charge in [0.25, 0.3) is 6.16 Å². The Morgan fingerprint density at radius 2 is 2.43 bits per heavy atom. The molecule has 1 unspecified atom stereocenters. The molecule has 42 valence electrons. The Balaban J connectivity index is 3.13. The van der Waals surface area contributed by atoms with E-state index in [1.165, 1.54) is 6.92 Å². The van der Waals surface area contributed by atoms with E-state index in [9.17, 15) is 9.90 Å². The summed E-state index contributed by atoms with van der Waals surface area (Å²) in [7, 11) is 0. The Labute approximate surface area is 45.8 Å². The van der Waals surface area contributed by atoms with Crippen LogP contribution in [-0.4, -0.2) is 11.7 Å². The quantitative estimate of drug-likeness (QED) is 0.362. The van der Waals surface area contributed by atoms with Crippen molar-refractivity contribution in [3.63, 3.8) is 0 Å². The van der Waals surface area contributed by atoms with Crippen LogP contribution in [-0.2, 0) is 4.74 Å². The summed E-state index contributed by atoms with van der Waals surface area (Å²) in [5.74, 6) is 0. The Bertz CT molecular complexity index is 70.6. The molecule has 3 nitrogen and oxygen atoms in total. The molecule has 0 spiro atoms. The molecule has 0 saturated heterocycles. The number of alkyl halides is 1. The molecule has 0 aromatic heterocycles. The van der Waals surface area contributed by atoms with Gasteiger partial charge in [-0.15, -0.1) is 0 Å². The predicted molar refractivity (Wildman–Crippen MR) is 21.8 cm³/mol. The van der Waals surface area contributed by atoms with E-state index in [1.807, 2.05) is 0 Å². The van der Waals surface area contributed by atoms with E-state index >= 15 is 0 Å². The first-order chi connectivity index (χ1) is 3.13. The van der Waals surface area contributed by atoms with Gasteiger partial charge in [-0.25, -0.2) is 0 Å². The molecule has 0 radical (unpaired) electrons. The molecule has 0 aliphatic carbocycles. The second kappa shape index (κ2) is 2.69. The normalized spacial score (nSPS) is 12.9. The molecule has 0 rings (SSSR count). The zero-order chi connectivity index (χ0) is 5.86. The standard InChI is InChI=1S/C3H5ClO3/c1-2(4)7-3(5)6/h2H,1H3,(H,5,6)/p-1. The van der Waals surface area contributed by atoms with Crippen molar-refractivity contribution < 1.29 is 14.6 Å². The lowest BCUT2D eigenvalue weighted by Gasteiger charge is -2.07. The van der Waals surface area contributed by atoms with Crippen LogP contribution in [0.2, 0.25) is 0 Å². The number of hydrogen-bond acceptors (Lipinski definition) is 3. The summed E-state index contributed by atoms with van der Waals surface area (Å²) in [6.07, 6.45) is -1.59. The van der Waals surface area contributed by atoms with Gasteiger partial charge in [0.05, 0.1) is 0 Å². The fourth-order valence-electron chi connectivity index (χ4n) is 0.133. The van der Waals surface area contributed by atoms with Crippen molar-refractivity contribution in [2.75, 3.05) is 0 Å². The van der Waals surface area contributed by atoms with E-state index in [0.29, 0.717) is 0 Å². The van der Waals surface area contributed by atoms with Crippen molar-refractivity contribution in [1.82, 2.24) is 0 Å². The summed E-state index contributed by atoms with van der Waals surface area (Å²) in [6, 6.07) is 0. The summed E-state index contributed by atoms with van der Waals surface area (Å²) in [5.41, 5.74) is -0.815. The van der Waals surface area contributed by atoms with Crippen molar-refractivity contribution in [3.8, 4) is 0 Å². The van der Waals surface area contributed by atoms with Gasteiger partial charge in [-0.1, -0.05) is 11.6 Å². The molecule has 0 aromatic carbocycles. The highest BCUT2D eigenvalue weighted by atomic mass is 35.5. The second-order valence-electron chi connectivity index (χ2n) is 0.911. The SMILES string of the molecule is CC(Cl)OC(=O)[O-]. The van der Waals surface area contributed by atoms with Gasteiger partial charge in [0.15, 0.2) is 0 Å². The average molecular weight is 124 g/mol. The third-order valence-corrected chi connectivity index (χ3v) is 0.348. The number of carboxylic acid groups (broad SMARTS) is 1. The summed E-state index contributed by atoms with van der Waals surface area (Å²) in [6.45, 7) is 1.39.